The molecule has 178 valence electrons. The van der Waals surface area contributed by atoms with Crippen molar-refractivity contribution in [2.24, 2.45) is 0 Å². The molecule has 2 aromatic carbocycles. The number of benzene rings is 2. The topological polar surface area (TPSA) is 113 Å². The number of hydrogen-bond donors (Lipinski definition) is 0. The number of methoxy groups -OCH3 is 1. The number of non-ortho nitro benzene ring substituents is 1. The Hall–Kier alpha value is -3.44. The van der Waals surface area contributed by atoms with Gasteiger partial charge >= 0.3 is 0 Å². The Labute approximate surface area is 201 Å². The number of nitro benzene ring substituents is 1. The zero-order valence-electron chi connectivity index (χ0n) is 18.9. The molecule has 10 nitrogen and oxygen atoms in total. The Morgan fingerprint density at radius 1 is 1.24 bits per heavy atom. The van der Waals surface area contributed by atoms with Crippen LogP contribution in [0.5, 0.6) is 5.75 Å². The molecule has 0 spiro atoms. The fraction of sp³-hybridized carbons (Fsp3) is 0.348. The van der Waals surface area contributed by atoms with Crippen molar-refractivity contribution in [1.82, 2.24) is 14.8 Å². The number of ether oxygens (including phenoxy) is 2. The first-order valence-electron chi connectivity index (χ1n) is 10.8. The second-order valence-electron chi connectivity index (χ2n) is 7.80. The fourth-order valence-electron chi connectivity index (χ4n) is 3.67. The predicted octanol–water partition coefficient (Wildman–Crippen LogP) is 3.80. The van der Waals surface area contributed by atoms with Gasteiger partial charge in [-0.25, -0.2) is 0 Å². The van der Waals surface area contributed by atoms with E-state index in [1.165, 1.54) is 28.8 Å². The molecular formula is C23H25N5O5S. The minimum Gasteiger partial charge on any atom is -0.497 e. The number of amides is 1. The molecule has 3 aromatic rings. The number of carbonyl (C=O) groups excluding carboxylic acids is 1. The molecule has 1 aromatic heterocycles. The van der Waals surface area contributed by atoms with Gasteiger partial charge in [0.05, 0.1) is 30.4 Å². The highest BCUT2D eigenvalue weighted by Crippen LogP contribution is 2.28. The van der Waals surface area contributed by atoms with E-state index >= 15 is 0 Å². The molecule has 0 radical (unpaired) electrons. The maximum absolute atomic E-state index is 12.8. The summed E-state index contributed by atoms with van der Waals surface area (Å²) < 4.78 is 13.1. The minimum atomic E-state index is -0.470. The quantitative estimate of drug-likeness (QED) is 0.257. The second kappa shape index (κ2) is 10.7. The number of hydrogen-bond acceptors (Lipinski definition) is 8. The van der Waals surface area contributed by atoms with Crippen molar-refractivity contribution in [3.8, 4) is 17.1 Å². The fourth-order valence-corrected chi connectivity index (χ4v) is 4.53. The summed E-state index contributed by atoms with van der Waals surface area (Å²) in [4.78, 5) is 24.7. The molecule has 1 aliphatic rings. The van der Waals surface area contributed by atoms with Gasteiger partial charge in [0.2, 0.25) is 5.91 Å². The lowest BCUT2D eigenvalue weighted by molar-refractivity contribution is -0.384. The molecule has 1 aliphatic heterocycles. The molecule has 34 heavy (non-hydrogen) atoms. The van der Waals surface area contributed by atoms with E-state index in [9.17, 15) is 14.9 Å². The summed E-state index contributed by atoms with van der Waals surface area (Å²) in [6, 6.07) is 13.5. The lowest BCUT2D eigenvalue weighted by Crippen LogP contribution is -2.28. The molecule has 1 unspecified atom stereocenters. The van der Waals surface area contributed by atoms with Crippen LogP contribution < -0.4 is 9.64 Å². The van der Waals surface area contributed by atoms with Crippen LogP contribution in [0.3, 0.4) is 0 Å². The van der Waals surface area contributed by atoms with Crippen LogP contribution in [0.1, 0.15) is 12.8 Å². The van der Waals surface area contributed by atoms with Crippen molar-refractivity contribution in [3.63, 3.8) is 0 Å². The summed E-state index contributed by atoms with van der Waals surface area (Å²) in [5.74, 6) is 1.44. The first-order chi connectivity index (χ1) is 16.5. The van der Waals surface area contributed by atoms with Gasteiger partial charge in [-0.1, -0.05) is 11.8 Å². The van der Waals surface area contributed by atoms with Gasteiger partial charge in [-0.3, -0.25) is 19.5 Å². The van der Waals surface area contributed by atoms with Crippen LogP contribution in [0.25, 0.3) is 11.4 Å². The van der Waals surface area contributed by atoms with E-state index < -0.39 is 4.92 Å². The number of aromatic nitrogens is 3. The number of anilines is 1. The maximum Gasteiger partial charge on any atom is 0.269 e. The molecule has 0 aliphatic carbocycles. The van der Waals surface area contributed by atoms with Gasteiger partial charge < -0.3 is 14.4 Å². The first-order valence-corrected chi connectivity index (χ1v) is 11.8. The van der Waals surface area contributed by atoms with Crippen molar-refractivity contribution in [2.75, 3.05) is 31.4 Å². The van der Waals surface area contributed by atoms with Crippen LogP contribution >= 0.6 is 11.8 Å². The number of thioether (sulfide) groups is 1. The molecule has 1 atom stereocenters. The molecule has 0 N–H and O–H groups in total. The molecule has 0 saturated carbocycles. The lowest BCUT2D eigenvalue weighted by Gasteiger charge is -2.18. The van der Waals surface area contributed by atoms with E-state index in [-0.39, 0.29) is 23.5 Å². The number of rotatable bonds is 9. The third kappa shape index (κ3) is 5.37. The van der Waals surface area contributed by atoms with E-state index in [1.807, 2.05) is 28.8 Å². The van der Waals surface area contributed by atoms with E-state index in [0.29, 0.717) is 23.2 Å². The third-order valence-electron chi connectivity index (χ3n) is 5.62. The monoisotopic (exact) mass is 483 g/mol. The summed E-state index contributed by atoms with van der Waals surface area (Å²) in [7, 11) is 3.26. The van der Waals surface area contributed by atoms with Crippen molar-refractivity contribution in [3.05, 3.63) is 58.6 Å². The van der Waals surface area contributed by atoms with Crippen LogP contribution in [0.4, 0.5) is 11.4 Å². The van der Waals surface area contributed by atoms with Gasteiger partial charge in [0.15, 0.2) is 11.0 Å². The van der Waals surface area contributed by atoms with Gasteiger partial charge in [-0.15, -0.1) is 10.2 Å². The molecule has 11 heteroatoms. The Kier molecular flexibility index (Phi) is 7.43. The van der Waals surface area contributed by atoms with E-state index in [2.05, 4.69) is 10.2 Å². The number of nitrogens with zero attached hydrogens (tertiary/aromatic N) is 5. The average molecular weight is 484 g/mol. The van der Waals surface area contributed by atoms with Gasteiger partial charge in [0.1, 0.15) is 5.75 Å². The largest absolute Gasteiger partial charge is 0.497 e. The maximum atomic E-state index is 12.8. The minimum absolute atomic E-state index is 0.0210. The van der Waals surface area contributed by atoms with Crippen molar-refractivity contribution in [1.29, 1.82) is 0 Å². The second-order valence-corrected chi connectivity index (χ2v) is 8.74. The number of nitro groups is 1. The Bertz CT molecular complexity index is 1140. The zero-order chi connectivity index (χ0) is 24.1. The van der Waals surface area contributed by atoms with Crippen LogP contribution in [-0.4, -0.2) is 58.2 Å². The summed E-state index contributed by atoms with van der Waals surface area (Å²) >= 11 is 1.30. The Morgan fingerprint density at radius 2 is 1.97 bits per heavy atom. The average Bonchev–Trinajstić information content (AvgIpc) is 3.52. The van der Waals surface area contributed by atoms with Crippen molar-refractivity contribution >= 4 is 29.0 Å². The van der Waals surface area contributed by atoms with Crippen molar-refractivity contribution < 1.29 is 19.2 Å². The highest BCUT2D eigenvalue weighted by Gasteiger charge is 2.23. The van der Waals surface area contributed by atoms with Crippen LogP contribution in [-0.2, 0) is 16.1 Å². The number of carbonyl (C=O) groups is 1. The molecule has 2 heterocycles. The highest BCUT2D eigenvalue weighted by molar-refractivity contribution is 7.99. The van der Waals surface area contributed by atoms with Crippen LogP contribution in [0, 0.1) is 10.1 Å². The molecular weight excluding hydrogens is 458 g/mol. The predicted molar refractivity (Wildman–Crippen MR) is 128 cm³/mol. The summed E-state index contributed by atoms with van der Waals surface area (Å²) in [5.41, 5.74) is 1.45. The lowest BCUT2D eigenvalue weighted by atomic mass is 10.2. The molecule has 1 saturated heterocycles. The molecule has 4 rings (SSSR count). The zero-order valence-corrected chi connectivity index (χ0v) is 19.7. The first kappa shape index (κ1) is 23.7. The van der Waals surface area contributed by atoms with E-state index in [0.717, 1.165) is 30.8 Å². The molecule has 1 fully saturated rings. The Morgan fingerprint density at radius 3 is 2.59 bits per heavy atom. The molecule has 0 bridgehead atoms. The van der Waals surface area contributed by atoms with Crippen molar-refractivity contribution in [2.45, 2.75) is 30.6 Å². The Balaban J connectivity index is 1.50. The van der Waals surface area contributed by atoms with E-state index in [1.54, 1.807) is 26.3 Å². The van der Waals surface area contributed by atoms with Crippen LogP contribution in [0.2, 0.25) is 0 Å². The summed E-state index contributed by atoms with van der Waals surface area (Å²) in [5, 5.41) is 20.2. The SMILES string of the molecule is COc1ccc(-c2nnc(SCC(=O)N(C)c3ccc([N+](=O)[O-])cc3)n2CC2CCCO2)cc1. The smallest absolute Gasteiger partial charge is 0.269 e. The van der Waals surface area contributed by atoms with Gasteiger partial charge in [0, 0.05) is 37.0 Å². The summed E-state index contributed by atoms with van der Waals surface area (Å²) in [6.07, 6.45) is 2.06. The third-order valence-corrected chi connectivity index (χ3v) is 6.57. The van der Waals surface area contributed by atoms with E-state index in [4.69, 9.17) is 9.47 Å². The summed E-state index contributed by atoms with van der Waals surface area (Å²) in [6.45, 7) is 1.34. The van der Waals surface area contributed by atoms with Crippen LogP contribution in [0.15, 0.2) is 53.7 Å². The van der Waals surface area contributed by atoms with Gasteiger partial charge in [0.25, 0.3) is 5.69 Å². The van der Waals surface area contributed by atoms with Gasteiger partial charge in [-0.05, 0) is 49.2 Å². The molecule has 1 amide bonds. The normalized spacial score (nSPS) is 15.3. The standard InChI is InChI=1S/C23H25N5O5S/c1-26(17-7-9-18(10-8-17)28(30)31)21(29)15-34-23-25-24-22(16-5-11-19(32-2)12-6-16)27(23)14-20-4-3-13-33-20/h5-12,20H,3-4,13-15H2,1-2H3. The highest BCUT2D eigenvalue weighted by atomic mass is 32.2. The van der Waals surface area contributed by atoms with Gasteiger partial charge in [-0.2, -0.15) is 0 Å².